The number of aromatic hydroxyl groups is 1. The van der Waals surface area contributed by atoms with Gasteiger partial charge in [-0.1, -0.05) is 0 Å². The van der Waals surface area contributed by atoms with Crippen molar-refractivity contribution in [1.82, 2.24) is 0 Å². The van der Waals surface area contributed by atoms with E-state index in [1.54, 1.807) is 6.92 Å². The number of benzene rings is 1. The summed E-state index contributed by atoms with van der Waals surface area (Å²) in [5.41, 5.74) is 0.433. The van der Waals surface area contributed by atoms with Crippen molar-refractivity contribution >= 4 is 17.4 Å². The van der Waals surface area contributed by atoms with Gasteiger partial charge in [-0.15, -0.1) is 11.6 Å². The zero-order chi connectivity index (χ0) is 10.7. The average molecular weight is 215 g/mol. The summed E-state index contributed by atoms with van der Waals surface area (Å²) in [4.78, 5) is 11.5. The third kappa shape index (κ3) is 2.17. The maximum Gasteiger partial charge on any atom is 0.180 e. The zero-order valence-electron chi connectivity index (χ0n) is 7.95. The zero-order valence-corrected chi connectivity index (χ0v) is 8.71. The number of ether oxygens (including phenoxy) is 1. The molecule has 0 aliphatic heterocycles. The molecule has 0 saturated carbocycles. The first kappa shape index (κ1) is 10.9. The topological polar surface area (TPSA) is 46.5 Å². The monoisotopic (exact) mass is 214 g/mol. The first-order valence-corrected chi connectivity index (χ1v) is 4.55. The lowest BCUT2D eigenvalue weighted by atomic mass is 10.1. The smallest absolute Gasteiger partial charge is 0.180 e. The molecule has 0 aromatic heterocycles. The summed E-state index contributed by atoms with van der Waals surface area (Å²) in [6.07, 6.45) is 0. The molecule has 1 rings (SSSR count). The Kier molecular flexibility index (Phi) is 3.36. The lowest BCUT2D eigenvalue weighted by Crippen LogP contribution is -2.10. The van der Waals surface area contributed by atoms with Crippen LogP contribution in [0.2, 0.25) is 0 Å². The molecule has 0 bridgehead atoms. The minimum absolute atomic E-state index is 0.00581. The Labute approximate surface area is 87.3 Å². The first-order chi connectivity index (χ1) is 6.56. The van der Waals surface area contributed by atoms with Crippen LogP contribution in [0, 0.1) is 0 Å². The Balaban J connectivity index is 3.06. The highest BCUT2D eigenvalue weighted by Crippen LogP contribution is 2.27. The molecule has 0 radical (unpaired) electrons. The SMILES string of the molecule is COc1cc(C(=O)C(C)Cl)ccc1O. The van der Waals surface area contributed by atoms with E-state index in [0.717, 1.165) is 0 Å². The van der Waals surface area contributed by atoms with Crippen molar-refractivity contribution in [2.75, 3.05) is 7.11 Å². The van der Waals surface area contributed by atoms with Gasteiger partial charge in [0.25, 0.3) is 0 Å². The van der Waals surface area contributed by atoms with Crippen molar-refractivity contribution in [2.45, 2.75) is 12.3 Å². The van der Waals surface area contributed by atoms with E-state index in [9.17, 15) is 9.90 Å². The molecule has 0 amide bonds. The molecule has 1 aromatic carbocycles. The number of alkyl halides is 1. The molecule has 76 valence electrons. The first-order valence-electron chi connectivity index (χ1n) is 4.11. The molecular formula is C10H11ClO3. The predicted molar refractivity (Wildman–Crippen MR) is 54.3 cm³/mol. The van der Waals surface area contributed by atoms with Crippen LogP contribution in [0.4, 0.5) is 0 Å². The fourth-order valence-electron chi connectivity index (χ4n) is 1.06. The van der Waals surface area contributed by atoms with Crippen LogP contribution in [-0.2, 0) is 0 Å². The second-order valence-electron chi connectivity index (χ2n) is 2.87. The van der Waals surface area contributed by atoms with E-state index < -0.39 is 5.38 Å². The van der Waals surface area contributed by atoms with Crippen molar-refractivity contribution in [3.8, 4) is 11.5 Å². The van der Waals surface area contributed by atoms with Gasteiger partial charge in [0.2, 0.25) is 0 Å². The molecule has 0 heterocycles. The number of hydrogen-bond acceptors (Lipinski definition) is 3. The molecule has 0 aliphatic rings. The van der Waals surface area contributed by atoms with Crippen LogP contribution < -0.4 is 4.74 Å². The number of Topliss-reactive ketones (excluding diaryl/α,β-unsaturated/α-hetero) is 1. The van der Waals surface area contributed by atoms with Crippen LogP contribution >= 0.6 is 11.6 Å². The summed E-state index contributed by atoms with van der Waals surface area (Å²) in [5.74, 6) is 0.0874. The molecule has 1 N–H and O–H groups in total. The third-order valence-corrected chi connectivity index (χ3v) is 2.02. The Morgan fingerprint density at radius 2 is 2.21 bits per heavy atom. The number of ketones is 1. The molecule has 1 atom stereocenters. The second kappa shape index (κ2) is 4.33. The lowest BCUT2D eigenvalue weighted by molar-refractivity contribution is 0.0991. The van der Waals surface area contributed by atoms with Gasteiger partial charge in [-0.3, -0.25) is 4.79 Å². The standard InChI is InChI=1S/C10H11ClO3/c1-6(11)10(13)7-3-4-8(12)9(5-7)14-2/h3-6,12H,1-2H3. The number of carbonyl (C=O) groups excluding carboxylic acids is 1. The van der Waals surface area contributed by atoms with Gasteiger partial charge >= 0.3 is 0 Å². The van der Waals surface area contributed by atoms with Gasteiger partial charge < -0.3 is 9.84 Å². The minimum atomic E-state index is -0.579. The van der Waals surface area contributed by atoms with Gasteiger partial charge in [0, 0.05) is 5.56 Å². The van der Waals surface area contributed by atoms with E-state index in [2.05, 4.69) is 0 Å². The summed E-state index contributed by atoms with van der Waals surface area (Å²) in [5, 5.41) is 8.71. The van der Waals surface area contributed by atoms with Gasteiger partial charge in [0.05, 0.1) is 12.5 Å². The maximum atomic E-state index is 11.5. The number of phenols is 1. The minimum Gasteiger partial charge on any atom is -0.504 e. The van der Waals surface area contributed by atoms with Crippen LogP contribution in [0.1, 0.15) is 17.3 Å². The molecule has 0 spiro atoms. The highest BCUT2D eigenvalue weighted by atomic mass is 35.5. The fourth-order valence-corrected chi connectivity index (χ4v) is 1.19. The van der Waals surface area contributed by atoms with Gasteiger partial charge in [-0.2, -0.15) is 0 Å². The average Bonchev–Trinajstić information content (AvgIpc) is 2.17. The lowest BCUT2D eigenvalue weighted by Gasteiger charge is -2.06. The van der Waals surface area contributed by atoms with Crippen LogP contribution in [0.5, 0.6) is 11.5 Å². The summed E-state index contributed by atoms with van der Waals surface area (Å²) in [6.45, 7) is 1.60. The second-order valence-corrected chi connectivity index (χ2v) is 3.52. The van der Waals surface area contributed by atoms with Crippen LogP contribution in [-0.4, -0.2) is 23.4 Å². The number of hydrogen-bond donors (Lipinski definition) is 1. The molecule has 1 aromatic rings. The van der Waals surface area contributed by atoms with Crippen molar-refractivity contribution in [3.05, 3.63) is 23.8 Å². The number of rotatable bonds is 3. The molecule has 0 aliphatic carbocycles. The van der Waals surface area contributed by atoms with Crippen molar-refractivity contribution in [1.29, 1.82) is 0 Å². The normalized spacial score (nSPS) is 12.2. The molecule has 0 saturated heterocycles. The van der Waals surface area contributed by atoms with Crippen molar-refractivity contribution in [2.24, 2.45) is 0 Å². The van der Waals surface area contributed by atoms with E-state index in [1.807, 2.05) is 0 Å². The van der Waals surface area contributed by atoms with Gasteiger partial charge in [0.1, 0.15) is 0 Å². The quantitative estimate of drug-likeness (QED) is 0.620. The molecule has 4 heteroatoms. The molecule has 0 fully saturated rings. The Morgan fingerprint density at radius 1 is 1.57 bits per heavy atom. The maximum absolute atomic E-state index is 11.5. The van der Waals surface area contributed by atoms with Gasteiger partial charge in [-0.25, -0.2) is 0 Å². The van der Waals surface area contributed by atoms with Crippen molar-refractivity contribution < 1.29 is 14.6 Å². The van der Waals surface area contributed by atoms with Crippen LogP contribution in [0.25, 0.3) is 0 Å². The molecule has 3 nitrogen and oxygen atoms in total. The van der Waals surface area contributed by atoms with Gasteiger partial charge in [0.15, 0.2) is 17.3 Å². The van der Waals surface area contributed by atoms with E-state index in [0.29, 0.717) is 5.56 Å². The van der Waals surface area contributed by atoms with E-state index in [4.69, 9.17) is 16.3 Å². The van der Waals surface area contributed by atoms with E-state index >= 15 is 0 Å². The largest absolute Gasteiger partial charge is 0.504 e. The molecular weight excluding hydrogens is 204 g/mol. The molecule has 14 heavy (non-hydrogen) atoms. The summed E-state index contributed by atoms with van der Waals surface area (Å²) in [7, 11) is 1.42. The van der Waals surface area contributed by atoms with E-state index in [1.165, 1.54) is 25.3 Å². The predicted octanol–water partition coefficient (Wildman–Crippen LogP) is 2.21. The summed E-state index contributed by atoms with van der Waals surface area (Å²) < 4.78 is 4.87. The molecule has 1 unspecified atom stereocenters. The summed E-state index contributed by atoms with van der Waals surface area (Å²) in [6, 6.07) is 4.39. The number of halogens is 1. The highest BCUT2D eigenvalue weighted by molar-refractivity contribution is 6.33. The van der Waals surface area contributed by atoms with Crippen LogP contribution in [0.15, 0.2) is 18.2 Å². The third-order valence-electron chi connectivity index (χ3n) is 1.83. The van der Waals surface area contributed by atoms with Gasteiger partial charge in [-0.05, 0) is 25.1 Å². The number of phenolic OH excluding ortho intramolecular Hbond substituents is 1. The van der Waals surface area contributed by atoms with Crippen LogP contribution in [0.3, 0.4) is 0 Å². The fraction of sp³-hybridized carbons (Fsp3) is 0.300. The van der Waals surface area contributed by atoms with Crippen molar-refractivity contribution in [3.63, 3.8) is 0 Å². The van der Waals surface area contributed by atoms with E-state index in [-0.39, 0.29) is 17.3 Å². The Bertz CT molecular complexity index is 347. The number of carbonyl (C=O) groups is 1. The Hall–Kier alpha value is -1.22. The number of methoxy groups -OCH3 is 1. The summed E-state index contributed by atoms with van der Waals surface area (Å²) >= 11 is 5.65. The highest BCUT2D eigenvalue weighted by Gasteiger charge is 2.14. The Morgan fingerprint density at radius 3 is 2.71 bits per heavy atom.